The molecule has 0 unspecified atom stereocenters. The Kier molecular flexibility index (Phi) is 5.29. The van der Waals surface area contributed by atoms with Crippen molar-refractivity contribution in [2.45, 2.75) is 70.6 Å². The smallest absolute Gasteiger partial charge is 0.200 e. The standard InChI is InChI=1S/C34H36NS/c1-19(2)29-25-11-9-20(3)15-27(25)21(4)30-32-31-26(13-14-35(32)8)24-12-10-22(18-34(5,6)7)16-23(24)17-28(31)36-33(29)30/h9-17,19H,18H2,1-8H3/q+1. The zero-order valence-electron chi connectivity index (χ0n) is 22.8. The largest absolute Gasteiger partial charge is 0.222 e. The lowest BCUT2D eigenvalue weighted by Crippen LogP contribution is -2.32. The Bertz CT molecular complexity index is 1720. The van der Waals surface area contributed by atoms with E-state index in [2.05, 4.69) is 115 Å². The van der Waals surface area contributed by atoms with E-state index >= 15 is 0 Å². The van der Waals surface area contributed by atoms with Gasteiger partial charge in [-0.1, -0.05) is 88.3 Å². The lowest BCUT2D eigenvalue weighted by atomic mass is 9.85. The molecule has 0 atom stereocenters. The second-order valence-electron chi connectivity index (χ2n) is 12.3. The Labute approximate surface area is 219 Å². The molecule has 6 rings (SSSR count). The van der Waals surface area contributed by atoms with Crippen LogP contribution in [0.5, 0.6) is 0 Å². The number of rotatable bonds is 2. The minimum Gasteiger partial charge on any atom is -0.200 e. The van der Waals surface area contributed by atoms with E-state index in [9.17, 15) is 0 Å². The van der Waals surface area contributed by atoms with Gasteiger partial charge >= 0.3 is 0 Å². The Morgan fingerprint density at radius 2 is 1.61 bits per heavy atom. The normalized spacial score (nSPS) is 13.2. The number of aromatic nitrogens is 1. The van der Waals surface area contributed by atoms with Crippen LogP contribution in [-0.2, 0) is 13.5 Å². The quantitative estimate of drug-likeness (QED) is 0.173. The first-order valence-electron chi connectivity index (χ1n) is 13.2. The van der Waals surface area contributed by atoms with Crippen LogP contribution in [-0.4, -0.2) is 0 Å². The molecule has 1 aliphatic heterocycles. The van der Waals surface area contributed by atoms with Gasteiger partial charge in [0.1, 0.15) is 7.05 Å². The van der Waals surface area contributed by atoms with Crippen LogP contribution in [0.4, 0.5) is 0 Å². The highest BCUT2D eigenvalue weighted by molar-refractivity contribution is 8.00. The van der Waals surface area contributed by atoms with Crippen LogP contribution < -0.4 is 4.57 Å². The van der Waals surface area contributed by atoms with Crippen molar-refractivity contribution >= 4 is 44.1 Å². The van der Waals surface area contributed by atoms with Gasteiger partial charge in [0, 0.05) is 21.2 Å². The molecule has 0 fully saturated rings. The maximum absolute atomic E-state index is 2.46. The third kappa shape index (κ3) is 3.57. The fourth-order valence-electron chi connectivity index (χ4n) is 6.26. The number of pyridine rings is 1. The summed E-state index contributed by atoms with van der Waals surface area (Å²) in [6.45, 7) is 16.2. The third-order valence-corrected chi connectivity index (χ3v) is 8.91. The SMILES string of the molecule is Cc1ccc2c(C(C)C)c3c(c(C)c2c1)-c1c2c(cc4cc(CC(C)(C)C)ccc4c2cc[n+]1C)S3. The summed E-state index contributed by atoms with van der Waals surface area (Å²) in [6, 6.07) is 18.9. The molecule has 0 N–H and O–H groups in total. The lowest BCUT2D eigenvalue weighted by molar-refractivity contribution is -0.659. The summed E-state index contributed by atoms with van der Waals surface area (Å²) in [5.41, 5.74) is 8.69. The molecule has 0 saturated carbocycles. The van der Waals surface area contributed by atoms with E-state index in [-0.39, 0.29) is 5.41 Å². The molecule has 5 aromatic rings. The first kappa shape index (κ1) is 23.6. The number of benzene rings is 4. The topological polar surface area (TPSA) is 3.88 Å². The molecule has 1 nitrogen and oxygen atoms in total. The Balaban J connectivity index is 1.74. The van der Waals surface area contributed by atoms with Gasteiger partial charge in [-0.3, -0.25) is 0 Å². The van der Waals surface area contributed by atoms with Crippen LogP contribution >= 0.6 is 11.8 Å². The molecule has 1 aromatic heterocycles. The summed E-state index contributed by atoms with van der Waals surface area (Å²) in [7, 11) is 2.21. The molecule has 4 aromatic carbocycles. The van der Waals surface area contributed by atoms with Gasteiger partial charge in [-0.25, -0.2) is 4.57 Å². The summed E-state index contributed by atoms with van der Waals surface area (Å²) >= 11 is 1.99. The van der Waals surface area contributed by atoms with Crippen LogP contribution in [0.15, 0.2) is 64.5 Å². The number of hydrogen-bond donors (Lipinski definition) is 0. The molecule has 2 heteroatoms. The molecule has 36 heavy (non-hydrogen) atoms. The summed E-state index contributed by atoms with van der Waals surface area (Å²) in [5.74, 6) is 0.446. The molecule has 2 heterocycles. The van der Waals surface area contributed by atoms with Gasteiger partial charge in [-0.05, 0) is 75.9 Å². The first-order chi connectivity index (χ1) is 17.0. The Morgan fingerprint density at radius 3 is 2.33 bits per heavy atom. The molecule has 0 bridgehead atoms. The molecule has 0 aliphatic carbocycles. The molecule has 0 radical (unpaired) electrons. The van der Waals surface area contributed by atoms with Gasteiger partial charge in [-0.15, -0.1) is 0 Å². The van der Waals surface area contributed by atoms with Crippen LogP contribution in [0.1, 0.15) is 62.8 Å². The number of aryl methyl sites for hydroxylation is 3. The summed E-state index contributed by atoms with van der Waals surface area (Å²) in [4.78, 5) is 2.83. The third-order valence-electron chi connectivity index (χ3n) is 7.74. The first-order valence-corrected chi connectivity index (χ1v) is 14.0. The van der Waals surface area contributed by atoms with E-state index < -0.39 is 0 Å². The van der Waals surface area contributed by atoms with Crippen LogP contribution in [0.25, 0.3) is 43.6 Å². The van der Waals surface area contributed by atoms with Gasteiger partial charge in [-0.2, -0.15) is 0 Å². The number of nitrogens with zero attached hydrogens (tertiary/aromatic N) is 1. The van der Waals surface area contributed by atoms with Gasteiger partial charge in [0.15, 0.2) is 6.20 Å². The summed E-state index contributed by atoms with van der Waals surface area (Å²) in [5, 5.41) is 8.28. The van der Waals surface area contributed by atoms with Crippen molar-refractivity contribution in [3.05, 3.63) is 77.0 Å². The molecular formula is C34H36NS+. The number of fused-ring (bicyclic) bond motifs is 5. The highest BCUT2D eigenvalue weighted by atomic mass is 32.2. The highest BCUT2D eigenvalue weighted by Crippen LogP contribution is 2.54. The lowest BCUT2D eigenvalue weighted by Gasteiger charge is -2.26. The maximum atomic E-state index is 2.46. The van der Waals surface area contributed by atoms with Crippen molar-refractivity contribution in [3.63, 3.8) is 0 Å². The molecule has 0 spiro atoms. The Hall–Kier alpha value is -2.84. The Morgan fingerprint density at radius 1 is 0.861 bits per heavy atom. The van der Waals surface area contributed by atoms with E-state index in [0.717, 1.165) is 6.42 Å². The van der Waals surface area contributed by atoms with Gasteiger partial charge in [0.25, 0.3) is 0 Å². The van der Waals surface area contributed by atoms with E-state index in [1.54, 1.807) is 0 Å². The fraction of sp³-hybridized carbons (Fsp3) is 0.324. The minimum atomic E-state index is 0.274. The predicted molar refractivity (Wildman–Crippen MR) is 156 cm³/mol. The molecule has 1 aliphatic rings. The average Bonchev–Trinajstić information content (AvgIpc) is 2.79. The van der Waals surface area contributed by atoms with Crippen molar-refractivity contribution in [1.29, 1.82) is 0 Å². The van der Waals surface area contributed by atoms with Gasteiger partial charge < -0.3 is 0 Å². The molecule has 182 valence electrons. The average molecular weight is 491 g/mol. The van der Waals surface area contributed by atoms with E-state index in [0.29, 0.717) is 5.92 Å². The predicted octanol–water partition coefficient (Wildman–Crippen LogP) is 9.43. The summed E-state index contributed by atoms with van der Waals surface area (Å²) in [6.07, 6.45) is 3.35. The molecule has 0 saturated heterocycles. The van der Waals surface area contributed by atoms with Crippen molar-refractivity contribution < 1.29 is 4.57 Å². The second kappa shape index (κ2) is 8.08. The van der Waals surface area contributed by atoms with E-state index in [1.807, 2.05) is 11.8 Å². The highest BCUT2D eigenvalue weighted by Gasteiger charge is 2.33. The van der Waals surface area contributed by atoms with Crippen molar-refractivity contribution in [1.82, 2.24) is 0 Å². The monoisotopic (exact) mass is 490 g/mol. The maximum Gasteiger partial charge on any atom is 0.222 e. The van der Waals surface area contributed by atoms with Crippen LogP contribution in [0.2, 0.25) is 0 Å². The van der Waals surface area contributed by atoms with Crippen molar-refractivity contribution in [2.75, 3.05) is 0 Å². The van der Waals surface area contributed by atoms with Crippen LogP contribution in [0.3, 0.4) is 0 Å². The van der Waals surface area contributed by atoms with Crippen LogP contribution in [0, 0.1) is 19.3 Å². The zero-order valence-corrected chi connectivity index (χ0v) is 23.7. The zero-order chi connectivity index (χ0) is 25.5. The second-order valence-corrected chi connectivity index (χ2v) is 13.3. The minimum absolute atomic E-state index is 0.274. The number of hydrogen-bond acceptors (Lipinski definition) is 1. The van der Waals surface area contributed by atoms with Gasteiger partial charge in [0.2, 0.25) is 5.69 Å². The van der Waals surface area contributed by atoms with E-state index in [1.165, 1.54) is 75.6 Å². The van der Waals surface area contributed by atoms with E-state index in [4.69, 9.17) is 0 Å². The molecule has 0 amide bonds. The van der Waals surface area contributed by atoms with Crippen molar-refractivity contribution in [2.24, 2.45) is 12.5 Å². The fourth-order valence-corrected chi connectivity index (χ4v) is 7.78. The summed E-state index contributed by atoms with van der Waals surface area (Å²) < 4.78 is 2.35. The van der Waals surface area contributed by atoms with Gasteiger partial charge in [0.05, 0.1) is 10.9 Å². The van der Waals surface area contributed by atoms with Crippen molar-refractivity contribution in [3.8, 4) is 11.3 Å². The molecular weight excluding hydrogens is 454 g/mol.